The van der Waals surface area contributed by atoms with Gasteiger partial charge in [0.15, 0.2) is 6.61 Å². The monoisotopic (exact) mass is 354 g/mol. The second kappa shape index (κ2) is 8.01. The molecule has 26 heavy (non-hydrogen) atoms. The first-order chi connectivity index (χ1) is 12.6. The van der Waals surface area contributed by atoms with Gasteiger partial charge in [0.1, 0.15) is 12.4 Å². The number of carbonyl (C=O) groups is 2. The van der Waals surface area contributed by atoms with Gasteiger partial charge in [-0.15, -0.1) is 0 Å². The van der Waals surface area contributed by atoms with Crippen molar-refractivity contribution < 1.29 is 19.1 Å². The fraction of sp³-hybridized carbons (Fsp3) is 0.300. The number of hydrogen-bond donors (Lipinski definition) is 1. The number of rotatable bonds is 5. The average Bonchev–Trinajstić information content (AvgIpc) is 2.81. The summed E-state index contributed by atoms with van der Waals surface area (Å²) >= 11 is 0. The number of anilines is 1. The molecule has 1 atom stereocenters. The molecule has 1 aliphatic heterocycles. The molecule has 1 unspecified atom stereocenters. The number of nitrogens with one attached hydrogen (secondary N) is 1. The van der Waals surface area contributed by atoms with Crippen molar-refractivity contribution in [2.45, 2.75) is 19.5 Å². The van der Waals surface area contributed by atoms with E-state index < -0.39 is 0 Å². The Hall–Kier alpha value is -2.86. The van der Waals surface area contributed by atoms with Crippen molar-refractivity contribution in [3.8, 4) is 5.75 Å². The van der Waals surface area contributed by atoms with E-state index in [2.05, 4.69) is 5.32 Å². The standard InChI is InChI=1S/C20H22N2O4/c1-14(15-6-4-3-5-7-15)22-11-16-10-17(21-19(23)12-25-2)8-9-18(16)26-13-20(22)24/h3-10,14H,11-13H2,1-2H3,(H,21,23). The summed E-state index contributed by atoms with van der Waals surface area (Å²) in [4.78, 5) is 26.1. The Morgan fingerprint density at radius 2 is 2.04 bits per heavy atom. The molecule has 6 heteroatoms. The molecule has 3 rings (SSSR count). The molecule has 1 N–H and O–H groups in total. The van der Waals surface area contributed by atoms with Gasteiger partial charge in [0.05, 0.1) is 12.6 Å². The highest BCUT2D eigenvalue weighted by Crippen LogP contribution is 2.31. The quantitative estimate of drug-likeness (QED) is 0.896. The van der Waals surface area contributed by atoms with E-state index in [1.807, 2.05) is 43.3 Å². The highest BCUT2D eigenvalue weighted by atomic mass is 16.5. The Balaban J connectivity index is 1.84. The van der Waals surface area contributed by atoms with Gasteiger partial charge < -0.3 is 19.7 Å². The lowest BCUT2D eigenvalue weighted by molar-refractivity contribution is -0.135. The van der Waals surface area contributed by atoms with Gasteiger partial charge in [-0.05, 0) is 30.7 Å². The van der Waals surface area contributed by atoms with Gasteiger partial charge in [0.25, 0.3) is 5.91 Å². The topological polar surface area (TPSA) is 67.9 Å². The Morgan fingerprint density at radius 1 is 1.27 bits per heavy atom. The summed E-state index contributed by atoms with van der Waals surface area (Å²) in [5, 5.41) is 2.78. The molecule has 0 radical (unpaired) electrons. The molecule has 2 aromatic rings. The van der Waals surface area contributed by atoms with Crippen LogP contribution in [0.1, 0.15) is 24.1 Å². The van der Waals surface area contributed by atoms with Gasteiger partial charge in [-0.3, -0.25) is 9.59 Å². The number of benzene rings is 2. The van der Waals surface area contributed by atoms with Crippen LogP contribution in [-0.4, -0.2) is 37.0 Å². The van der Waals surface area contributed by atoms with Crippen LogP contribution in [0.15, 0.2) is 48.5 Å². The minimum Gasteiger partial charge on any atom is -0.483 e. The van der Waals surface area contributed by atoms with Crippen LogP contribution < -0.4 is 10.1 Å². The third-order valence-corrected chi connectivity index (χ3v) is 4.38. The first-order valence-corrected chi connectivity index (χ1v) is 8.47. The van der Waals surface area contributed by atoms with E-state index in [4.69, 9.17) is 9.47 Å². The van der Waals surface area contributed by atoms with E-state index in [9.17, 15) is 9.59 Å². The second-order valence-corrected chi connectivity index (χ2v) is 6.20. The Labute approximate surface area is 152 Å². The lowest BCUT2D eigenvalue weighted by Crippen LogP contribution is -2.34. The third-order valence-electron chi connectivity index (χ3n) is 4.38. The van der Waals surface area contributed by atoms with Crippen molar-refractivity contribution in [3.05, 3.63) is 59.7 Å². The third kappa shape index (κ3) is 4.03. The van der Waals surface area contributed by atoms with Crippen LogP contribution in [0.3, 0.4) is 0 Å². The Bertz CT molecular complexity index is 792. The summed E-state index contributed by atoms with van der Waals surface area (Å²) in [6.45, 7) is 2.41. The molecule has 2 amide bonds. The van der Waals surface area contributed by atoms with Gasteiger partial charge in [0.2, 0.25) is 5.91 Å². The molecule has 6 nitrogen and oxygen atoms in total. The summed E-state index contributed by atoms with van der Waals surface area (Å²) < 4.78 is 10.5. The van der Waals surface area contributed by atoms with Crippen molar-refractivity contribution in [1.29, 1.82) is 0 Å². The SMILES string of the molecule is COCC(=O)Nc1ccc2c(c1)CN(C(C)c1ccccc1)C(=O)CO2. The first kappa shape index (κ1) is 17.9. The Morgan fingerprint density at radius 3 is 2.77 bits per heavy atom. The second-order valence-electron chi connectivity index (χ2n) is 6.20. The van der Waals surface area contributed by atoms with E-state index in [-0.39, 0.29) is 31.1 Å². The predicted molar refractivity (Wildman–Crippen MR) is 97.8 cm³/mol. The van der Waals surface area contributed by atoms with E-state index in [0.717, 1.165) is 11.1 Å². The molecule has 0 aromatic heterocycles. The molecule has 0 saturated carbocycles. The summed E-state index contributed by atoms with van der Waals surface area (Å²) in [7, 11) is 1.47. The number of methoxy groups -OCH3 is 1. The highest BCUT2D eigenvalue weighted by Gasteiger charge is 2.26. The van der Waals surface area contributed by atoms with Crippen LogP contribution in [0.5, 0.6) is 5.75 Å². The summed E-state index contributed by atoms with van der Waals surface area (Å²) in [5.41, 5.74) is 2.57. The van der Waals surface area contributed by atoms with Crippen LogP contribution in [0.25, 0.3) is 0 Å². The van der Waals surface area contributed by atoms with E-state index in [1.165, 1.54) is 7.11 Å². The van der Waals surface area contributed by atoms with Crippen LogP contribution in [0.2, 0.25) is 0 Å². The molecule has 0 bridgehead atoms. The van der Waals surface area contributed by atoms with Crippen molar-refractivity contribution in [2.24, 2.45) is 0 Å². The predicted octanol–water partition coefficient (Wildman–Crippen LogP) is 2.75. The highest BCUT2D eigenvalue weighted by molar-refractivity contribution is 5.92. The maximum atomic E-state index is 12.6. The molecule has 1 heterocycles. The molecule has 0 spiro atoms. The smallest absolute Gasteiger partial charge is 0.261 e. The minimum absolute atomic E-state index is 0.000442. The van der Waals surface area contributed by atoms with E-state index in [0.29, 0.717) is 18.0 Å². The lowest BCUT2D eigenvalue weighted by Gasteiger charge is -2.28. The number of fused-ring (bicyclic) bond motifs is 1. The number of carbonyl (C=O) groups excluding carboxylic acids is 2. The molecule has 136 valence electrons. The zero-order valence-corrected chi connectivity index (χ0v) is 14.9. The summed E-state index contributed by atoms with van der Waals surface area (Å²) in [6, 6.07) is 15.2. The van der Waals surface area contributed by atoms with Crippen LogP contribution in [0.4, 0.5) is 5.69 Å². The minimum atomic E-state index is -0.229. The molecular weight excluding hydrogens is 332 g/mol. The van der Waals surface area contributed by atoms with Gasteiger partial charge in [-0.1, -0.05) is 30.3 Å². The maximum Gasteiger partial charge on any atom is 0.261 e. The molecule has 0 aliphatic carbocycles. The normalized spacial score (nSPS) is 14.8. The van der Waals surface area contributed by atoms with Crippen molar-refractivity contribution in [3.63, 3.8) is 0 Å². The number of ether oxygens (including phenoxy) is 2. The molecule has 2 aromatic carbocycles. The number of hydrogen-bond acceptors (Lipinski definition) is 4. The van der Waals surface area contributed by atoms with Crippen molar-refractivity contribution in [2.75, 3.05) is 25.6 Å². The summed E-state index contributed by atoms with van der Waals surface area (Å²) in [6.07, 6.45) is 0. The average molecular weight is 354 g/mol. The van der Waals surface area contributed by atoms with Gasteiger partial charge in [-0.25, -0.2) is 0 Å². The van der Waals surface area contributed by atoms with Crippen LogP contribution >= 0.6 is 0 Å². The zero-order valence-electron chi connectivity index (χ0n) is 14.9. The molecule has 0 fully saturated rings. The van der Waals surface area contributed by atoms with Crippen LogP contribution in [-0.2, 0) is 20.9 Å². The first-order valence-electron chi connectivity index (χ1n) is 8.47. The molecular formula is C20H22N2O4. The number of nitrogens with zero attached hydrogens (tertiary/aromatic N) is 1. The molecule has 1 aliphatic rings. The maximum absolute atomic E-state index is 12.6. The van der Waals surface area contributed by atoms with E-state index >= 15 is 0 Å². The van der Waals surface area contributed by atoms with Gasteiger partial charge >= 0.3 is 0 Å². The fourth-order valence-electron chi connectivity index (χ4n) is 3.01. The van der Waals surface area contributed by atoms with Crippen molar-refractivity contribution in [1.82, 2.24) is 4.90 Å². The molecule has 0 saturated heterocycles. The largest absolute Gasteiger partial charge is 0.483 e. The van der Waals surface area contributed by atoms with Crippen molar-refractivity contribution >= 4 is 17.5 Å². The number of amides is 2. The Kier molecular flexibility index (Phi) is 5.53. The zero-order chi connectivity index (χ0) is 18.5. The van der Waals surface area contributed by atoms with Gasteiger partial charge in [0, 0.05) is 18.4 Å². The van der Waals surface area contributed by atoms with Crippen LogP contribution in [0, 0.1) is 0 Å². The fourth-order valence-corrected chi connectivity index (χ4v) is 3.01. The van der Waals surface area contributed by atoms with Gasteiger partial charge in [-0.2, -0.15) is 0 Å². The summed E-state index contributed by atoms with van der Waals surface area (Å²) in [5.74, 6) is 0.362. The lowest BCUT2D eigenvalue weighted by atomic mass is 10.1. The van der Waals surface area contributed by atoms with E-state index in [1.54, 1.807) is 17.0 Å².